The zero-order valence-corrected chi connectivity index (χ0v) is 14.3. The van der Waals surface area contributed by atoms with Crippen LogP contribution in [0.2, 0.25) is 5.02 Å². The van der Waals surface area contributed by atoms with Crippen LogP contribution in [0.15, 0.2) is 16.5 Å². The summed E-state index contributed by atoms with van der Waals surface area (Å²) in [5.74, 6) is 0. The molecule has 3 heterocycles. The third-order valence-electron chi connectivity index (χ3n) is 4.87. The number of fused-ring (bicyclic) bond motifs is 1. The van der Waals surface area contributed by atoms with Crippen molar-refractivity contribution in [1.29, 1.82) is 0 Å². The van der Waals surface area contributed by atoms with Gasteiger partial charge in [0, 0.05) is 43.8 Å². The van der Waals surface area contributed by atoms with Gasteiger partial charge in [0.15, 0.2) is 5.58 Å². The molecular weight excluding hydrogens is 312 g/mol. The molecule has 6 heteroatoms. The summed E-state index contributed by atoms with van der Waals surface area (Å²) in [6.45, 7) is 7.16. The quantitative estimate of drug-likeness (QED) is 0.913. The Labute approximate surface area is 141 Å². The summed E-state index contributed by atoms with van der Waals surface area (Å²) in [7, 11) is 0. The number of nitrogens with zero attached hydrogens (tertiary/aromatic N) is 3. The molecule has 0 bridgehead atoms. The molecule has 1 N–H and O–H groups in total. The van der Waals surface area contributed by atoms with Gasteiger partial charge in [0.1, 0.15) is 5.52 Å². The number of piperidine rings is 1. The van der Waals surface area contributed by atoms with E-state index < -0.39 is 0 Å². The topological polar surface area (TPSA) is 44.5 Å². The lowest BCUT2D eigenvalue weighted by atomic mass is 10.1. The normalized spacial score (nSPS) is 22.8. The number of aromatic nitrogens is 1. The summed E-state index contributed by atoms with van der Waals surface area (Å²) in [6.07, 6.45) is 3.76. The highest BCUT2D eigenvalue weighted by Gasteiger charge is 2.25. The van der Waals surface area contributed by atoms with E-state index in [4.69, 9.17) is 21.0 Å². The van der Waals surface area contributed by atoms with E-state index in [1.807, 2.05) is 12.1 Å². The molecule has 4 rings (SSSR count). The molecule has 124 valence electrons. The second kappa shape index (κ2) is 6.21. The van der Waals surface area contributed by atoms with Crippen molar-refractivity contribution in [3.63, 3.8) is 0 Å². The number of benzene rings is 1. The van der Waals surface area contributed by atoms with E-state index in [1.54, 1.807) is 0 Å². The van der Waals surface area contributed by atoms with E-state index in [1.165, 1.54) is 19.3 Å². The summed E-state index contributed by atoms with van der Waals surface area (Å²) in [5, 5.41) is 4.13. The van der Waals surface area contributed by atoms with Crippen molar-refractivity contribution in [3.05, 3.63) is 17.2 Å². The van der Waals surface area contributed by atoms with Gasteiger partial charge in [-0.3, -0.25) is 0 Å². The van der Waals surface area contributed by atoms with Crippen LogP contribution in [0.25, 0.3) is 11.1 Å². The largest absolute Gasteiger partial charge is 0.421 e. The van der Waals surface area contributed by atoms with Crippen molar-refractivity contribution in [2.75, 3.05) is 42.5 Å². The van der Waals surface area contributed by atoms with Gasteiger partial charge in [0.2, 0.25) is 0 Å². The lowest BCUT2D eigenvalue weighted by molar-refractivity contribution is 0.455. The molecule has 0 radical (unpaired) electrons. The van der Waals surface area contributed by atoms with Crippen LogP contribution in [0.5, 0.6) is 0 Å². The first-order chi connectivity index (χ1) is 11.2. The summed E-state index contributed by atoms with van der Waals surface area (Å²) >= 11 is 6.33. The van der Waals surface area contributed by atoms with Crippen LogP contribution in [0.4, 0.5) is 11.7 Å². The molecule has 1 aromatic heterocycles. The number of nitrogens with one attached hydrogen (secondary N) is 1. The van der Waals surface area contributed by atoms with E-state index >= 15 is 0 Å². The zero-order valence-electron chi connectivity index (χ0n) is 13.5. The standard InChI is InChI=1S/C17H23ClN4O/c1-12-11-19-5-8-22(12)17-20-14-9-13(18)10-15(16(14)23-17)21-6-3-2-4-7-21/h9-10,12,19H,2-8,11H2,1H3. The average Bonchev–Trinajstić information content (AvgIpc) is 2.99. The minimum Gasteiger partial charge on any atom is -0.421 e. The fourth-order valence-corrected chi connectivity index (χ4v) is 3.79. The first-order valence-corrected chi connectivity index (χ1v) is 8.92. The van der Waals surface area contributed by atoms with Crippen LogP contribution in [0.1, 0.15) is 26.2 Å². The maximum atomic E-state index is 6.33. The number of rotatable bonds is 2. The van der Waals surface area contributed by atoms with Crippen LogP contribution in [-0.2, 0) is 0 Å². The summed E-state index contributed by atoms with van der Waals surface area (Å²) < 4.78 is 6.20. The Hall–Kier alpha value is -1.46. The molecule has 5 nitrogen and oxygen atoms in total. The van der Waals surface area contributed by atoms with Gasteiger partial charge in [-0.25, -0.2) is 0 Å². The fourth-order valence-electron chi connectivity index (χ4n) is 3.59. The Kier molecular flexibility index (Phi) is 4.07. The Morgan fingerprint density at radius 1 is 1.22 bits per heavy atom. The summed E-state index contributed by atoms with van der Waals surface area (Å²) in [4.78, 5) is 9.35. The lowest BCUT2D eigenvalue weighted by Gasteiger charge is -2.32. The molecule has 1 atom stereocenters. The molecule has 2 aliphatic rings. The highest BCUT2D eigenvalue weighted by Crippen LogP contribution is 2.35. The molecule has 0 amide bonds. The highest BCUT2D eigenvalue weighted by molar-refractivity contribution is 6.31. The Morgan fingerprint density at radius 3 is 2.83 bits per heavy atom. The number of oxazole rings is 1. The van der Waals surface area contributed by atoms with Crippen molar-refractivity contribution < 1.29 is 4.42 Å². The Morgan fingerprint density at radius 2 is 2.04 bits per heavy atom. The maximum Gasteiger partial charge on any atom is 0.298 e. The second-order valence-corrected chi connectivity index (χ2v) is 7.00. The number of halogens is 1. The van der Waals surface area contributed by atoms with Crippen LogP contribution in [-0.4, -0.2) is 43.7 Å². The van der Waals surface area contributed by atoms with Gasteiger partial charge in [-0.1, -0.05) is 11.6 Å². The Bertz CT molecular complexity index is 695. The third-order valence-corrected chi connectivity index (χ3v) is 5.09. The molecule has 2 aromatic rings. The van der Waals surface area contributed by atoms with E-state index in [-0.39, 0.29) is 0 Å². The number of hydrogen-bond acceptors (Lipinski definition) is 5. The average molecular weight is 335 g/mol. The van der Waals surface area contributed by atoms with Crippen LogP contribution in [0.3, 0.4) is 0 Å². The molecule has 2 saturated heterocycles. The first kappa shape index (κ1) is 15.1. The molecule has 23 heavy (non-hydrogen) atoms. The highest BCUT2D eigenvalue weighted by atomic mass is 35.5. The second-order valence-electron chi connectivity index (χ2n) is 6.56. The predicted molar refractivity (Wildman–Crippen MR) is 94.8 cm³/mol. The van der Waals surface area contributed by atoms with Crippen LogP contribution in [0, 0.1) is 0 Å². The molecule has 1 aromatic carbocycles. The minimum atomic E-state index is 0.380. The van der Waals surface area contributed by atoms with Gasteiger partial charge < -0.3 is 19.5 Å². The van der Waals surface area contributed by atoms with Gasteiger partial charge in [0.05, 0.1) is 5.69 Å². The van der Waals surface area contributed by atoms with Crippen LogP contribution < -0.4 is 15.1 Å². The van der Waals surface area contributed by atoms with E-state index in [0.29, 0.717) is 6.04 Å². The van der Waals surface area contributed by atoms with Crippen LogP contribution >= 0.6 is 11.6 Å². The molecule has 2 fully saturated rings. The Balaban J connectivity index is 1.75. The van der Waals surface area contributed by atoms with Crippen molar-refractivity contribution in [2.24, 2.45) is 0 Å². The molecular formula is C17H23ClN4O. The maximum absolute atomic E-state index is 6.33. The van der Waals surface area contributed by atoms with Gasteiger partial charge >= 0.3 is 0 Å². The number of piperazine rings is 1. The molecule has 0 aliphatic carbocycles. The molecule has 0 saturated carbocycles. The first-order valence-electron chi connectivity index (χ1n) is 8.55. The summed E-state index contributed by atoms with van der Waals surface area (Å²) in [6, 6.07) is 5.02. The smallest absolute Gasteiger partial charge is 0.298 e. The monoisotopic (exact) mass is 334 g/mol. The van der Waals surface area contributed by atoms with E-state index in [9.17, 15) is 0 Å². The SMILES string of the molecule is CC1CNCCN1c1nc2cc(Cl)cc(N3CCCCC3)c2o1. The summed E-state index contributed by atoms with van der Waals surface area (Å²) in [5.41, 5.74) is 2.82. The van der Waals surface area contributed by atoms with Crippen molar-refractivity contribution in [3.8, 4) is 0 Å². The lowest BCUT2D eigenvalue weighted by Crippen LogP contribution is -2.50. The number of hydrogen-bond donors (Lipinski definition) is 1. The van der Waals surface area contributed by atoms with Gasteiger partial charge in [0.25, 0.3) is 6.01 Å². The van der Waals surface area contributed by atoms with Gasteiger partial charge in [-0.05, 0) is 38.3 Å². The zero-order chi connectivity index (χ0) is 15.8. The van der Waals surface area contributed by atoms with Crippen molar-refractivity contribution >= 4 is 34.4 Å². The minimum absolute atomic E-state index is 0.380. The fraction of sp³-hybridized carbons (Fsp3) is 0.588. The number of anilines is 2. The van der Waals surface area contributed by atoms with Crippen molar-refractivity contribution in [2.45, 2.75) is 32.2 Å². The molecule has 2 aliphatic heterocycles. The molecule has 1 unspecified atom stereocenters. The van der Waals surface area contributed by atoms with E-state index in [2.05, 4.69) is 22.0 Å². The predicted octanol–water partition coefficient (Wildman–Crippen LogP) is 3.27. The third kappa shape index (κ3) is 2.88. The van der Waals surface area contributed by atoms with Gasteiger partial charge in [-0.2, -0.15) is 4.98 Å². The van der Waals surface area contributed by atoms with Gasteiger partial charge in [-0.15, -0.1) is 0 Å². The van der Waals surface area contributed by atoms with E-state index in [0.717, 1.165) is 60.5 Å². The molecule has 0 spiro atoms. The van der Waals surface area contributed by atoms with Crippen molar-refractivity contribution in [1.82, 2.24) is 10.3 Å².